The van der Waals surface area contributed by atoms with Gasteiger partial charge in [-0.05, 0) is 6.92 Å². The van der Waals surface area contributed by atoms with E-state index in [1.165, 1.54) is 0 Å². The molecule has 0 spiro atoms. The summed E-state index contributed by atoms with van der Waals surface area (Å²) < 4.78 is 22.1. The second kappa shape index (κ2) is 5.47. The van der Waals surface area contributed by atoms with Gasteiger partial charge in [-0.15, -0.1) is 5.10 Å². The van der Waals surface area contributed by atoms with Crippen LogP contribution >= 0.6 is 0 Å². The molecule has 102 valence electrons. The number of aromatic amines is 1. The Labute approximate surface area is 106 Å². The van der Waals surface area contributed by atoms with Gasteiger partial charge in [-0.25, -0.2) is 13.4 Å². The number of nitrogens with one attached hydrogen (secondary N) is 2. The topological polar surface area (TPSA) is 105 Å². The first-order valence-electron chi connectivity index (χ1n) is 5.60. The van der Waals surface area contributed by atoms with E-state index < -0.39 is 21.8 Å². The maximum atomic E-state index is 11.7. The number of sulfone groups is 1. The Morgan fingerprint density at radius 3 is 2.44 bits per heavy atom. The molecule has 0 aliphatic rings. The van der Waals surface area contributed by atoms with Crippen LogP contribution in [0.5, 0.6) is 0 Å². The molecule has 1 aromatic heterocycles. The van der Waals surface area contributed by atoms with Gasteiger partial charge in [-0.1, -0.05) is 13.8 Å². The number of carbonyl (C=O) groups excluding carboxylic acids is 1. The standard InChI is InChI=1S/C10H18N4O3S/c1-6(2)8-12-9(14-13-8)10(15)11-7(3)5-18(4,16)17/h6-7H,5H2,1-4H3,(H,11,15)(H,12,13,14). The van der Waals surface area contributed by atoms with E-state index in [0.717, 1.165) is 6.26 Å². The Morgan fingerprint density at radius 2 is 2.00 bits per heavy atom. The van der Waals surface area contributed by atoms with Crippen molar-refractivity contribution in [3.05, 3.63) is 11.6 Å². The first-order valence-corrected chi connectivity index (χ1v) is 7.66. The summed E-state index contributed by atoms with van der Waals surface area (Å²) in [6, 6.07) is -0.478. The number of carbonyl (C=O) groups is 1. The van der Waals surface area contributed by atoms with E-state index in [-0.39, 0.29) is 17.5 Å². The molecule has 7 nitrogen and oxygen atoms in total. The fraction of sp³-hybridized carbons (Fsp3) is 0.700. The average Bonchev–Trinajstić information content (AvgIpc) is 2.62. The third-order valence-corrected chi connectivity index (χ3v) is 3.29. The monoisotopic (exact) mass is 274 g/mol. The first-order chi connectivity index (χ1) is 8.19. The van der Waals surface area contributed by atoms with Gasteiger partial charge in [0.25, 0.3) is 5.91 Å². The van der Waals surface area contributed by atoms with Crippen LogP contribution < -0.4 is 5.32 Å². The second-order valence-electron chi connectivity index (χ2n) is 4.67. The number of amides is 1. The summed E-state index contributed by atoms with van der Waals surface area (Å²) in [5.74, 6) is 0.206. The Hall–Kier alpha value is -1.44. The molecule has 0 bridgehead atoms. The van der Waals surface area contributed by atoms with Crippen molar-refractivity contribution in [1.29, 1.82) is 0 Å². The molecule has 0 aliphatic heterocycles. The van der Waals surface area contributed by atoms with Crippen LogP contribution in [0.3, 0.4) is 0 Å². The molecule has 1 heterocycles. The smallest absolute Gasteiger partial charge is 0.291 e. The lowest BCUT2D eigenvalue weighted by molar-refractivity contribution is 0.0933. The maximum Gasteiger partial charge on any atom is 0.291 e. The zero-order valence-electron chi connectivity index (χ0n) is 10.9. The largest absolute Gasteiger partial charge is 0.346 e. The lowest BCUT2D eigenvalue weighted by Crippen LogP contribution is -2.37. The van der Waals surface area contributed by atoms with Crippen LogP contribution in [-0.4, -0.2) is 47.6 Å². The van der Waals surface area contributed by atoms with Crippen molar-refractivity contribution in [1.82, 2.24) is 20.5 Å². The minimum absolute atomic E-state index is 0.0269. The summed E-state index contributed by atoms with van der Waals surface area (Å²) in [7, 11) is -3.12. The van der Waals surface area contributed by atoms with Crippen molar-refractivity contribution < 1.29 is 13.2 Å². The van der Waals surface area contributed by atoms with Crippen molar-refractivity contribution >= 4 is 15.7 Å². The van der Waals surface area contributed by atoms with Crippen LogP contribution in [0, 0.1) is 0 Å². The van der Waals surface area contributed by atoms with E-state index in [1.807, 2.05) is 13.8 Å². The van der Waals surface area contributed by atoms with Gasteiger partial charge in [-0.3, -0.25) is 9.89 Å². The number of hydrogen-bond acceptors (Lipinski definition) is 5. The van der Waals surface area contributed by atoms with E-state index >= 15 is 0 Å². The second-order valence-corrected chi connectivity index (χ2v) is 6.85. The highest BCUT2D eigenvalue weighted by atomic mass is 32.2. The molecule has 0 fully saturated rings. The molecule has 2 N–H and O–H groups in total. The molecule has 0 aliphatic carbocycles. The summed E-state index contributed by atoms with van der Waals surface area (Å²) >= 11 is 0. The quantitative estimate of drug-likeness (QED) is 0.791. The molecule has 8 heteroatoms. The Morgan fingerprint density at radius 1 is 1.39 bits per heavy atom. The molecule has 18 heavy (non-hydrogen) atoms. The minimum Gasteiger partial charge on any atom is -0.346 e. The van der Waals surface area contributed by atoms with Gasteiger partial charge in [0.2, 0.25) is 5.82 Å². The van der Waals surface area contributed by atoms with Crippen molar-refractivity contribution in [2.24, 2.45) is 0 Å². The van der Waals surface area contributed by atoms with E-state index in [1.54, 1.807) is 6.92 Å². The predicted octanol–water partition coefficient (Wildman–Crippen LogP) is 0.0910. The van der Waals surface area contributed by atoms with Crippen molar-refractivity contribution in [3.63, 3.8) is 0 Å². The Kier molecular flexibility index (Phi) is 4.44. The van der Waals surface area contributed by atoms with E-state index in [2.05, 4.69) is 20.5 Å². The van der Waals surface area contributed by atoms with Gasteiger partial charge < -0.3 is 5.32 Å². The highest BCUT2D eigenvalue weighted by Gasteiger charge is 2.18. The lowest BCUT2D eigenvalue weighted by atomic mass is 10.2. The van der Waals surface area contributed by atoms with E-state index in [0.29, 0.717) is 5.82 Å². The van der Waals surface area contributed by atoms with Crippen LogP contribution in [-0.2, 0) is 9.84 Å². The third kappa shape index (κ3) is 4.44. The molecule has 1 rings (SSSR count). The predicted molar refractivity (Wildman–Crippen MR) is 67.1 cm³/mol. The summed E-state index contributed by atoms with van der Waals surface area (Å²) in [4.78, 5) is 15.8. The van der Waals surface area contributed by atoms with E-state index in [4.69, 9.17) is 0 Å². The van der Waals surface area contributed by atoms with Gasteiger partial charge in [0.05, 0.1) is 5.75 Å². The normalized spacial score (nSPS) is 13.6. The van der Waals surface area contributed by atoms with Gasteiger partial charge >= 0.3 is 0 Å². The first kappa shape index (κ1) is 14.6. The van der Waals surface area contributed by atoms with Crippen molar-refractivity contribution in [3.8, 4) is 0 Å². The zero-order valence-corrected chi connectivity index (χ0v) is 11.7. The van der Waals surface area contributed by atoms with Crippen molar-refractivity contribution in [2.45, 2.75) is 32.7 Å². The summed E-state index contributed by atoms with van der Waals surface area (Å²) in [5, 5.41) is 9.00. The molecule has 0 aromatic carbocycles. The molecular formula is C10H18N4O3S. The maximum absolute atomic E-state index is 11.7. The van der Waals surface area contributed by atoms with Crippen LogP contribution in [0.4, 0.5) is 0 Å². The average molecular weight is 274 g/mol. The van der Waals surface area contributed by atoms with E-state index in [9.17, 15) is 13.2 Å². The Balaban J connectivity index is 2.65. The van der Waals surface area contributed by atoms with Crippen LogP contribution in [0.2, 0.25) is 0 Å². The van der Waals surface area contributed by atoms with Gasteiger partial charge in [0, 0.05) is 18.2 Å². The highest BCUT2D eigenvalue weighted by molar-refractivity contribution is 7.90. The van der Waals surface area contributed by atoms with Gasteiger partial charge in [0.15, 0.2) is 0 Å². The molecular weight excluding hydrogens is 256 g/mol. The summed E-state index contributed by atoms with van der Waals surface area (Å²) in [5.41, 5.74) is 0. The molecule has 0 saturated heterocycles. The van der Waals surface area contributed by atoms with Crippen LogP contribution in [0.25, 0.3) is 0 Å². The van der Waals surface area contributed by atoms with Crippen LogP contribution in [0.15, 0.2) is 0 Å². The third-order valence-electron chi connectivity index (χ3n) is 2.18. The Bertz CT molecular complexity index is 521. The fourth-order valence-electron chi connectivity index (χ4n) is 1.42. The molecule has 1 amide bonds. The van der Waals surface area contributed by atoms with Crippen molar-refractivity contribution in [2.75, 3.05) is 12.0 Å². The summed E-state index contributed by atoms with van der Waals surface area (Å²) in [6.07, 6.45) is 1.12. The number of aromatic nitrogens is 3. The van der Waals surface area contributed by atoms with Gasteiger partial charge in [-0.2, -0.15) is 0 Å². The fourth-order valence-corrected chi connectivity index (χ4v) is 2.41. The van der Waals surface area contributed by atoms with Gasteiger partial charge in [0.1, 0.15) is 15.7 Å². The minimum atomic E-state index is -3.12. The molecule has 1 aromatic rings. The number of H-pyrrole nitrogens is 1. The number of rotatable bonds is 5. The number of hydrogen-bond donors (Lipinski definition) is 2. The molecule has 0 radical (unpaired) electrons. The summed E-state index contributed by atoms with van der Waals surface area (Å²) in [6.45, 7) is 5.47. The molecule has 1 unspecified atom stereocenters. The van der Waals surface area contributed by atoms with Crippen LogP contribution in [0.1, 0.15) is 43.1 Å². The lowest BCUT2D eigenvalue weighted by Gasteiger charge is -2.10. The zero-order chi connectivity index (χ0) is 13.9. The number of nitrogens with zero attached hydrogens (tertiary/aromatic N) is 2. The molecule has 0 saturated carbocycles. The SMILES string of the molecule is CC(CS(C)(=O)=O)NC(=O)c1n[nH]c(C(C)C)n1. The highest BCUT2D eigenvalue weighted by Crippen LogP contribution is 2.07. The molecule has 1 atom stereocenters.